The van der Waals surface area contributed by atoms with Crippen LogP contribution >= 0.6 is 0 Å². The summed E-state index contributed by atoms with van der Waals surface area (Å²) in [4.78, 5) is 21.3. The summed E-state index contributed by atoms with van der Waals surface area (Å²) in [6.07, 6.45) is 1.86. The van der Waals surface area contributed by atoms with E-state index in [2.05, 4.69) is 57.8 Å². The van der Waals surface area contributed by atoms with E-state index < -0.39 is 0 Å². The van der Waals surface area contributed by atoms with Gasteiger partial charge in [-0.05, 0) is 26.0 Å². The topological polar surface area (TPSA) is 48.4 Å². The fraction of sp³-hybridized carbons (Fsp3) is 0.348. The lowest BCUT2D eigenvalue weighted by Gasteiger charge is -2.36. The van der Waals surface area contributed by atoms with E-state index in [1.54, 1.807) is 0 Å². The van der Waals surface area contributed by atoms with Gasteiger partial charge in [0.15, 0.2) is 5.82 Å². The second-order valence-corrected chi connectivity index (χ2v) is 7.11. The van der Waals surface area contributed by atoms with Crippen LogP contribution in [0.15, 0.2) is 60.8 Å². The average Bonchev–Trinajstić information content (AvgIpc) is 2.81. The minimum Gasteiger partial charge on any atom is -0.357 e. The zero-order chi connectivity index (χ0) is 20.1. The van der Waals surface area contributed by atoms with Gasteiger partial charge in [-0.3, -0.25) is 0 Å². The van der Waals surface area contributed by atoms with E-state index in [-0.39, 0.29) is 0 Å². The zero-order valence-electron chi connectivity index (χ0n) is 17.2. The quantitative estimate of drug-likeness (QED) is 0.642. The van der Waals surface area contributed by atoms with Crippen LogP contribution in [-0.2, 0) is 0 Å². The molecule has 2 aromatic heterocycles. The Morgan fingerprint density at radius 2 is 1.45 bits per heavy atom. The van der Waals surface area contributed by atoms with E-state index in [9.17, 15) is 0 Å². The van der Waals surface area contributed by atoms with Gasteiger partial charge in [0.25, 0.3) is 0 Å². The van der Waals surface area contributed by atoms with Gasteiger partial charge in [0, 0.05) is 57.1 Å². The van der Waals surface area contributed by atoms with Crippen molar-refractivity contribution in [1.29, 1.82) is 0 Å². The lowest BCUT2D eigenvalue weighted by molar-refractivity contribution is 0.641. The molecule has 0 N–H and O–H groups in total. The highest BCUT2D eigenvalue weighted by Crippen LogP contribution is 2.26. The molecule has 4 rings (SSSR count). The van der Waals surface area contributed by atoms with Crippen molar-refractivity contribution in [3.8, 4) is 11.4 Å². The van der Waals surface area contributed by atoms with E-state index in [0.29, 0.717) is 0 Å². The lowest BCUT2D eigenvalue weighted by Crippen LogP contribution is -2.47. The third-order valence-corrected chi connectivity index (χ3v) is 5.40. The van der Waals surface area contributed by atoms with Gasteiger partial charge in [-0.25, -0.2) is 15.0 Å². The number of pyridine rings is 1. The molecule has 0 saturated carbocycles. The summed E-state index contributed by atoms with van der Waals surface area (Å²) in [6, 6.07) is 18.5. The van der Waals surface area contributed by atoms with Crippen LogP contribution in [0.5, 0.6) is 0 Å². The van der Waals surface area contributed by atoms with Crippen molar-refractivity contribution in [1.82, 2.24) is 15.0 Å². The Morgan fingerprint density at radius 1 is 0.793 bits per heavy atom. The standard InChI is InChI=1S/C23H28N6/c1-3-27(4-2)21-18-22(26-23(25-21)19-10-6-5-7-11-19)29-16-14-28(15-17-29)20-12-8-9-13-24-20/h5-13,18H,3-4,14-17H2,1-2H3. The fourth-order valence-electron chi connectivity index (χ4n) is 3.72. The fourth-order valence-corrected chi connectivity index (χ4v) is 3.72. The van der Waals surface area contributed by atoms with Crippen molar-refractivity contribution in [3.05, 3.63) is 60.8 Å². The minimum absolute atomic E-state index is 0.789. The first kappa shape index (κ1) is 19.2. The van der Waals surface area contributed by atoms with Gasteiger partial charge in [-0.2, -0.15) is 0 Å². The van der Waals surface area contributed by atoms with E-state index >= 15 is 0 Å². The maximum absolute atomic E-state index is 4.93. The molecule has 0 amide bonds. The first-order chi connectivity index (χ1) is 14.3. The molecule has 150 valence electrons. The van der Waals surface area contributed by atoms with Gasteiger partial charge in [0.2, 0.25) is 0 Å². The van der Waals surface area contributed by atoms with Gasteiger partial charge >= 0.3 is 0 Å². The first-order valence-corrected chi connectivity index (χ1v) is 10.4. The van der Waals surface area contributed by atoms with Crippen LogP contribution in [0, 0.1) is 0 Å². The van der Waals surface area contributed by atoms with Crippen molar-refractivity contribution >= 4 is 17.5 Å². The summed E-state index contributed by atoms with van der Waals surface area (Å²) in [5.41, 5.74) is 1.05. The van der Waals surface area contributed by atoms with Crippen LogP contribution in [0.2, 0.25) is 0 Å². The van der Waals surface area contributed by atoms with Gasteiger partial charge in [0.1, 0.15) is 17.5 Å². The van der Waals surface area contributed by atoms with Crippen LogP contribution < -0.4 is 14.7 Å². The van der Waals surface area contributed by atoms with Crippen LogP contribution in [0.4, 0.5) is 17.5 Å². The number of hydrogen-bond donors (Lipinski definition) is 0. The Bertz CT molecular complexity index is 903. The Hall–Kier alpha value is -3.15. The van der Waals surface area contributed by atoms with Crippen molar-refractivity contribution < 1.29 is 0 Å². The number of rotatable bonds is 6. The van der Waals surface area contributed by atoms with Crippen molar-refractivity contribution in [3.63, 3.8) is 0 Å². The molecule has 0 atom stereocenters. The van der Waals surface area contributed by atoms with Crippen LogP contribution in [0.1, 0.15) is 13.8 Å². The molecule has 1 aromatic carbocycles. The predicted octanol–water partition coefficient (Wildman–Crippen LogP) is 3.71. The molecule has 1 aliphatic heterocycles. The van der Waals surface area contributed by atoms with Gasteiger partial charge in [-0.15, -0.1) is 0 Å². The van der Waals surface area contributed by atoms with Crippen LogP contribution in [-0.4, -0.2) is 54.2 Å². The summed E-state index contributed by atoms with van der Waals surface area (Å²) in [5.74, 6) is 3.83. The Morgan fingerprint density at radius 3 is 2.07 bits per heavy atom. The molecule has 1 aliphatic rings. The lowest BCUT2D eigenvalue weighted by atomic mass is 10.2. The Labute approximate surface area is 172 Å². The molecule has 3 aromatic rings. The smallest absolute Gasteiger partial charge is 0.163 e. The number of hydrogen-bond acceptors (Lipinski definition) is 6. The molecular weight excluding hydrogens is 360 g/mol. The summed E-state index contributed by atoms with van der Waals surface area (Å²) in [5, 5.41) is 0. The summed E-state index contributed by atoms with van der Waals surface area (Å²) in [7, 11) is 0. The largest absolute Gasteiger partial charge is 0.357 e. The van der Waals surface area contributed by atoms with E-state index in [4.69, 9.17) is 9.97 Å². The molecule has 1 fully saturated rings. The molecule has 6 heteroatoms. The molecule has 3 heterocycles. The monoisotopic (exact) mass is 388 g/mol. The third kappa shape index (κ3) is 4.31. The van der Waals surface area contributed by atoms with Crippen molar-refractivity contribution in [2.45, 2.75) is 13.8 Å². The van der Waals surface area contributed by atoms with E-state index in [1.165, 1.54) is 0 Å². The Balaban J connectivity index is 1.60. The number of nitrogens with zero attached hydrogens (tertiary/aromatic N) is 6. The highest BCUT2D eigenvalue weighted by atomic mass is 15.3. The molecule has 1 saturated heterocycles. The molecule has 29 heavy (non-hydrogen) atoms. The highest BCUT2D eigenvalue weighted by Gasteiger charge is 2.21. The summed E-state index contributed by atoms with van der Waals surface area (Å²) < 4.78 is 0. The van der Waals surface area contributed by atoms with Crippen LogP contribution in [0.3, 0.4) is 0 Å². The van der Waals surface area contributed by atoms with Crippen molar-refractivity contribution in [2.24, 2.45) is 0 Å². The SMILES string of the molecule is CCN(CC)c1cc(N2CCN(c3ccccn3)CC2)nc(-c2ccccc2)n1. The molecule has 0 unspecified atom stereocenters. The second kappa shape index (κ2) is 8.90. The first-order valence-electron chi connectivity index (χ1n) is 10.4. The highest BCUT2D eigenvalue weighted by molar-refractivity contribution is 5.62. The maximum atomic E-state index is 4.93. The minimum atomic E-state index is 0.789. The normalized spacial score (nSPS) is 14.1. The van der Waals surface area contributed by atoms with Gasteiger partial charge in [0.05, 0.1) is 0 Å². The number of anilines is 3. The number of aromatic nitrogens is 3. The van der Waals surface area contributed by atoms with E-state index in [1.807, 2.05) is 36.5 Å². The zero-order valence-corrected chi connectivity index (χ0v) is 17.2. The second-order valence-electron chi connectivity index (χ2n) is 7.11. The van der Waals surface area contributed by atoms with Crippen LogP contribution in [0.25, 0.3) is 11.4 Å². The molecule has 0 bridgehead atoms. The Kier molecular flexibility index (Phi) is 5.89. The molecule has 6 nitrogen and oxygen atoms in total. The molecule has 0 aliphatic carbocycles. The predicted molar refractivity (Wildman–Crippen MR) is 120 cm³/mol. The number of benzene rings is 1. The van der Waals surface area contributed by atoms with Gasteiger partial charge in [-0.1, -0.05) is 36.4 Å². The number of piperazine rings is 1. The maximum Gasteiger partial charge on any atom is 0.163 e. The molecule has 0 spiro atoms. The van der Waals surface area contributed by atoms with E-state index in [0.717, 1.165) is 68.1 Å². The van der Waals surface area contributed by atoms with Gasteiger partial charge < -0.3 is 14.7 Å². The summed E-state index contributed by atoms with van der Waals surface area (Å²) in [6.45, 7) is 9.88. The van der Waals surface area contributed by atoms with Crippen molar-refractivity contribution in [2.75, 3.05) is 54.0 Å². The third-order valence-electron chi connectivity index (χ3n) is 5.40. The molecular formula is C23H28N6. The molecule has 0 radical (unpaired) electrons. The summed E-state index contributed by atoms with van der Waals surface area (Å²) >= 11 is 0. The average molecular weight is 389 g/mol.